The predicted octanol–water partition coefficient (Wildman–Crippen LogP) is 5.11. The van der Waals surface area contributed by atoms with Gasteiger partial charge < -0.3 is 45.3 Å². The first-order valence-electron chi connectivity index (χ1n) is 14.9. The molecule has 0 saturated heterocycles. The normalized spacial score (nSPS) is 16.9. The molecular weight excluding hydrogens is 972 g/mol. The van der Waals surface area contributed by atoms with Crippen LogP contribution in [0.3, 0.4) is 0 Å². The standard InChI is InChI=1S/C31H27Br3N4O13S3/c32-19-7-14-5-17(26(19)39)18-6-15(9-21(34)28(18)51-54(47,48)49)13-25(31(43)44)50-24-12-16(8-20(33)27(24)40)11-23(38-46)30(42)36-2-4-53-52-3-1-35-29(41)22(10-14)37-45/h5-9,12-13,39-40,45-46H,1-4,10-11H2,(H,35,41)(H,36,42)(H,43,44)(H,47,48,49). The molecule has 0 aliphatic carbocycles. The number of carboxylic acid groups (broad SMARTS) is 1. The van der Waals surface area contributed by atoms with Crippen LogP contribution >= 0.6 is 69.4 Å². The topological polar surface area (TPSA) is 274 Å². The fourth-order valence-electron chi connectivity index (χ4n) is 4.71. The molecule has 4 rings (SSSR count). The lowest BCUT2D eigenvalue weighted by atomic mass is 9.97. The van der Waals surface area contributed by atoms with Gasteiger partial charge in [0.05, 0.1) is 13.4 Å². The fourth-order valence-corrected chi connectivity index (χ4v) is 8.57. The molecule has 0 unspecified atom stereocenters. The van der Waals surface area contributed by atoms with E-state index < -0.39 is 51.2 Å². The average molecular weight is 999 g/mol. The molecule has 3 aromatic rings. The van der Waals surface area contributed by atoms with Crippen molar-refractivity contribution in [2.75, 3.05) is 24.6 Å². The van der Waals surface area contributed by atoms with Crippen molar-refractivity contribution in [1.29, 1.82) is 0 Å². The molecule has 54 heavy (non-hydrogen) atoms. The van der Waals surface area contributed by atoms with Crippen molar-refractivity contribution < 1.29 is 62.0 Å². The van der Waals surface area contributed by atoms with E-state index in [0.717, 1.165) is 6.08 Å². The number of phenolic OH excluding ortho intramolecular Hbond substituents is 2. The summed E-state index contributed by atoms with van der Waals surface area (Å²) in [7, 11) is -2.41. The summed E-state index contributed by atoms with van der Waals surface area (Å²) in [6.45, 7) is 0.360. The van der Waals surface area contributed by atoms with Crippen LogP contribution in [-0.4, -0.2) is 92.5 Å². The minimum Gasteiger partial charge on any atom is -0.506 e. The number of nitrogens with zero attached hydrogens (tertiary/aromatic N) is 2. The van der Waals surface area contributed by atoms with Crippen LogP contribution in [0.1, 0.15) is 16.7 Å². The van der Waals surface area contributed by atoms with Gasteiger partial charge in [-0.15, -0.1) is 0 Å². The summed E-state index contributed by atoms with van der Waals surface area (Å²) in [5.41, 5.74) is -0.459. The zero-order valence-corrected chi connectivity index (χ0v) is 34.3. The van der Waals surface area contributed by atoms with Crippen molar-refractivity contribution in [2.45, 2.75) is 12.8 Å². The number of carboxylic acids is 1. The van der Waals surface area contributed by atoms with E-state index in [-0.39, 0.29) is 84.3 Å². The Hall–Kier alpha value is -4.00. The molecule has 0 saturated carbocycles. The van der Waals surface area contributed by atoms with Gasteiger partial charge in [0, 0.05) is 48.6 Å². The first-order chi connectivity index (χ1) is 25.5. The molecule has 3 aromatic carbocycles. The van der Waals surface area contributed by atoms with Gasteiger partial charge >= 0.3 is 16.4 Å². The largest absolute Gasteiger partial charge is 0.506 e. The monoisotopic (exact) mass is 996 g/mol. The summed E-state index contributed by atoms with van der Waals surface area (Å²) in [5, 5.41) is 62.7. The van der Waals surface area contributed by atoms with E-state index in [9.17, 15) is 53.1 Å². The Labute approximate surface area is 339 Å². The highest BCUT2D eigenvalue weighted by Gasteiger charge is 2.25. The van der Waals surface area contributed by atoms with Gasteiger partial charge in [-0.2, -0.15) is 8.42 Å². The van der Waals surface area contributed by atoms with Gasteiger partial charge in [-0.05, 0) is 107 Å². The molecule has 0 aromatic heterocycles. The molecule has 17 nitrogen and oxygen atoms in total. The molecule has 1 aliphatic heterocycles. The lowest BCUT2D eigenvalue weighted by molar-refractivity contribution is -0.135. The third kappa shape index (κ3) is 11.5. The number of hydrogen-bond acceptors (Lipinski definition) is 15. The van der Waals surface area contributed by atoms with Gasteiger partial charge in [-0.25, -0.2) is 4.79 Å². The minimum atomic E-state index is -5.18. The van der Waals surface area contributed by atoms with E-state index in [0.29, 0.717) is 11.5 Å². The number of fused-ring (bicyclic) bond motifs is 7. The molecule has 0 radical (unpaired) electrons. The zero-order chi connectivity index (χ0) is 39.7. The third-order valence-electron chi connectivity index (χ3n) is 7.02. The highest BCUT2D eigenvalue weighted by atomic mass is 79.9. The molecular formula is C31H27Br3N4O13S3. The number of nitrogens with one attached hydrogen (secondary N) is 2. The highest BCUT2D eigenvalue weighted by molar-refractivity contribution is 9.11. The summed E-state index contributed by atoms with van der Waals surface area (Å²) < 4.78 is 43.8. The Balaban J connectivity index is 1.91. The first kappa shape index (κ1) is 42.7. The molecule has 288 valence electrons. The van der Waals surface area contributed by atoms with Crippen molar-refractivity contribution in [1.82, 2.24) is 10.6 Å². The first-order valence-corrected chi connectivity index (χ1v) is 21.1. The Morgan fingerprint density at radius 3 is 1.85 bits per heavy atom. The second-order valence-electron chi connectivity index (χ2n) is 10.8. The second-order valence-corrected chi connectivity index (χ2v) is 17.1. The Kier molecular flexibility index (Phi) is 15.1. The van der Waals surface area contributed by atoms with Gasteiger partial charge in [-0.3, -0.25) is 14.1 Å². The molecule has 0 atom stereocenters. The molecule has 8 N–H and O–H groups in total. The predicted molar refractivity (Wildman–Crippen MR) is 210 cm³/mol. The SMILES string of the molecule is O=C(O)C1=Cc2cc(Br)c(OS(=O)(=O)O)c(c2)-c2cc(cc(Br)c2O)CC(=NO)C(=O)NCCSSCCNC(=O)C(=NO)Cc2cc(Br)c(O)c(c2)O1. The highest BCUT2D eigenvalue weighted by Crippen LogP contribution is 2.45. The van der Waals surface area contributed by atoms with Crippen LogP contribution < -0.4 is 19.6 Å². The summed E-state index contributed by atoms with van der Waals surface area (Å²) in [5.74, 6) is -4.87. The van der Waals surface area contributed by atoms with Crippen molar-refractivity contribution >= 4 is 115 Å². The maximum atomic E-state index is 12.9. The van der Waals surface area contributed by atoms with Gasteiger partial charge in [0.2, 0.25) is 5.76 Å². The van der Waals surface area contributed by atoms with Gasteiger partial charge in [0.15, 0.2) is 17.2 Å². The number of carbonyl (C=O) groups excluding carboxylic acids is 2. The molecule has 2 amide bonds. The van der Waals surface area contributed by atoms with Crippen LogP contribution in [0, 0.1) is 0 Å². The zero-order valence-electron chi connectivity index (χ0n) is 27.1. The average Bonchev–Trinajstić information content (AvgIpc) is 3.10. The van der Waals surface area contributed by atoms with Crippen LogP contribution in [0.25, 0.3) is 17.2 Å². The maximum absolute atomic E-state index is 12.9. The molecule has 1 aliphatic rings. The number of ether oxygens (including phenoxy) is 1. The lowest BCUT2D eigenvalue weighted by Gasteiger charge is -2.16. The molecule has 1 heterocycles. The molecule has 0 fully saturated rings. The number of aromatic hydroxyl groups is 2. The number of amides is 2. The van der Waals surface area contributed by atoms with E-state index >= 15 is 0 Å². The van der Waals surface area contributed by atoms with Crippen LogP contribution in [0.5, 0.6) is 23.0 Å². The number of phenols is 2. The van der Waals surface area contributed by atoms with E-state index in [4.69, 9.17) is 8.92 Å². The van der Waals surface area contributed by atoms with Crippen LogP contribution in [-0.2, 0) is 37.6 Å². The van der Waals surface area contributed by atoms with Crippen molar-refractivity contribution in [3.8, 4) is 34.1 Å². The number of rotatable bonds is 3. The molecule has 23 heteroatoms. The number of carbonyl (C=O) groups is 3. The third-order valence-corrected chi connectivity index (χ3v) is 11.6. The second kappa shape index (κ2) is 19.0. The number of oxime groups is 2. The lowest BCUT2D eigenvalue weighted by Crippen LogP contribution is -2.34. The van der Waals surface area contributed by atoms with Crippen molar-refractivity contribution in [2.24, 2.45) is 10.3 Å². The van der Waals surface area contributed by atoms with Crippen LogP contribution in [0.2, 0.25) is 0 Å². The van der Waals surface area contributed by atoms with Gasteiger partial charge in [-0.1, -0.05) is 31.9 Å². The quantitative estimate of drug-likeness (QED) is 0.0733. The van der Waals surface area contributed by atoms with Crippen molar-refractivity contribution in [3.05, 3.63) is 72.3 Å². The Morgan fingerprint density at radius 1 is 0.796 bits per heavy atom. The van der Waals surface area contributed by atoms with Crippen LogP contribution in [0.15, 0.2) is 65.9 Å². The van der Waals surface area contributed by atoms with E-state index in [2.05, 4.69) is 68.7 Å². The fraction of sp³-hybridized carbons (Fsp3) is 0.194. The maximum Gasteiger partial charge on any atom is 0.446 e. The van der Waals surface area contributed by atoms with E-state index in [1.165, 1.54) is 58.0 Å². The summed E-state index contributed by atoms with van der Waals surface area (Å²) in [4.78, 5) is 38.1. The Bertz CT molecular complexity index is 2180. The van der Waals surface area contributed by atoms with Crippen LogP contribution in [0.4, 0.5) is 0 Å². The summed E-state index contributed by atoms with van der Waals surface area (Å²) in [6.07, 6.45) is 0.423. The Morgan fingerprint density at radius 2 is 1.33 bits per heavy atom. The minimum absolute atomic E-state index is 0.00608. The molecule has 6 bridgehead atoms. The number of halogens is 3. The number of aliphatic carboxylic acids is 1. The van der Waals surface area contributed by atoms with Gasteiger partial charge in [0.25, 0.3) is 11.8 Å². The summed E-state index contributed by atoms with van der Waals surface area (Å²) >= 11 is 9.55. The smallest absolute Gasteiger partial charge is 0.446 e. The van der Waals surface area contributed by atoms with Crippen molar-refractivity contribution in [3.63, 3.8) is 0 Å². The molecule has 0 spiro atoms. The van der Waals surface area contributed by atoms with Gasteiger partial charge in [0.1, 0.15) is 17.2 Å². The van der Waals surface area contributed by atoms with E-state index in [1.807, 2.05) is 0 Å². The summed E-state index contributed by atoms with van der Waals surface area (Å²) in [6, 6.07) is 7.73. The number of benzene rings is 3. The van der Waals surface area contributed by atoms with E-state index in [1.54, 1.807) is 0 Å². The number of hydrogen-bond donors (Lipinski definition) is 8.